The first kappa shape index (κ1) is 23.4. The Hall–Kier alpha value is -5.04. The summed E-state index contributed by atoms with van der Waals surface area (Å²) >= 11 is 0. The molecular formula is C31H26N5O2+. The van der Waals surface area contributed by atoms with E-state index in [1.807, 2.05) is 72.5 Å². The monoisotopic (exact) mass is 500 g/mol. The molecular weight excluding hydrogens is 474 g/mol. The van der Waals surface area contributed by atoms with Crippen LogP contribution in [0.25, 0.3) is 33.4 Å². The van der Waals surface area contributed by atoms with Gasteiger partial charge in [-0.2, -0.15) is 0 Å². The summed E-state index contributed by atoms with van der Waals surface area (Å²) in [6, 6.07) is 29.1. The molecule has 0 aliphatic rings. The van der Waals surface area contributed by atoms with Gasteiger partial charge in [0.25, 0.3) is 11.5 Å². The highest BCUT2D eigenvalue weighted by molar-refractivity contribution is 5.92. The van der Waals surface area contributed by atoms with Crippen LogP contribution in [0, 0.1) is 6.92 Å². The number of carbonyl (C=O) groups is 1. The molecule has 0 aliphatic heterocycles. The third-order valence-electron chi connectivity index (χ3n) is 6.64. The van der Waals surface area contributed by atoms with Crippen molar-refractivity contribution in [1.82, 2.24) is 20.1 Å². The van der Waals surface area contributed by atoms with Crippen molar-refractivity contribution in [2.24, 2.45) is 0 Å². The predicted octanol–water partition coefficient (Wildman–Crippen LogP) is 4.70. The number of aromatic nitrogens is 4. The van der Waals surface area contributed by atoms with Crippen LogP contribution < -0.4 is 9.72 Å². The minimum Gasteiger partial charge on any atom is -0.508 e. The Morgan fingerprint density at radius 1 is 0.921 bits per heavy atom. The topological polar surface area (TPSA) is 84.1 Å². The molecule has 0 radical (unpaired) electrons. The SMILES string of the molecule is Cc1nn(-c2ccc(CNC(=O)Cc3ccc(O)cc3)cc2)c2c3cc(-c4ccccc4)cnc3cc[n+]12. The minimum atomic E-state index is -0.0712. The maximum Gasteiger partial charge on any atom is 0.280 e. The lowest BCUT2D eigenvalue weighted by molar-refractivity contribution is -0.519. The van der Waals surface area contributed by atoms with E-state index in [4.69, 9.17) is 10.1 Å². The summed E-state index contributed by atoms with van der Waals surface area (Å²) in [7, 11) is 0. The summed E-state index contributed by atoms with van der Waals surface area (Å²) in [4.78, 5) is 17.1. The molecule has 0 saturated carbocycles. The number of phenolic OH excluding ortho intramolecular Hbond substituents is 1. The first-order valence-corrected chi connectivity index (χ1v) is 12.4. The van der Waals surface area contributed by atoms with Gasteiger partial charge in [-0.15, -0.1) is 0 Å². The van der Waals surface area contributed by atoms with Crippen molar-refractivity contribution >= 4 is 22.5 Å². The van der Waals surface area contributed by atoms with Gasteiger partial charge in [0.2, 0.25) is 5.91 Å². The van der Waals surface area contributed by atoms with E-state index in [-0.39, 0.29) is 18.1 Å². The zero-order valence-corrected chi connectivity index (χ0v) is 20.9. The highest BCUT2D eigenvalue weighted by Crippen LogP contribution is 2.25. The molecule has 38 heavy (non-hydrogen) atoms. The Morgan fingerprint density at radius 2 is 1.66 bits per heavy atom. The summed E-state index contributed by atoms with van der Waals surface area (Å²) in [6.45, 7) is 2.42. The van der Waals surface area contributed by atoms with Crippen molar-refractivity contribution < 1.29 is 14.3 Å². The average Bonchev–Trinajstić information content (AvgIpc) is 3.30. The summed E-state index contributed by atoms with van der Waals surface area (Å²) in [5.41, 5.74) is 6.78. The number of carbonyl (C=O) groups excluding carboxylic acids is 1. The number of nitrogens with zero attached hydrogens (tertiary/aromatic N) is 4. The van der Waals surface area contributed by atoms with Crippen molar-refractivity contribution in [3.05, 3.63) is 120 Å². The van der Waals surface area contributed by atoms with Crippen LogP contribution >= 0.6 is 0 Å². The summed E-state index contributed by atoms with van der Waals surface area (Å²) in [6.07, 6.45) is 4.18. The van der Waals surface area contributed by atoms with Crippen LogP contribution in [0.1, 0.15) is 17.0 Å². The quantitative estimate of drug-likeness (QED) is 0.325. The lowest BCUT2D eigenvalue weighted by Crippen LogP contribution is -2.24. The fourth-order valence-electron chi connectivity index (χ4n) is 4.64. The molecule has 0 aliphatic carbocycles. The van der Waals surface area contributed by atoms with Crippen molar-refractivity contribution in [2.75, 3.05) is 0 Å². The summed E-state index contributed by atoms with van der Waals surface area (Å²) in [5, 5.41) is 18.2. The van der Waals surface area contributed by atoms with E-state index in [2.05, 4.69) is 27.9 Å². The van der Waals surface area contributed by atoms with Gasteiger partial charge in [-0.25, -0.2) is 4.40 Å². The van der Waals surface area contributed by atoms with Crippen LogP contribution in [-0.4, -0.2) is 25.8 Å². The predicted molar refractivity (Wildman–Crippen MR) is 146 cm³/mol. The van der Waals surface area contributed by atoms with Crippen LogP contribution in [0.3, 0.4) is 0 Å². The van der Waals surface area contributed by atoms with E-state index in [0.717, 1.165) is 50.3 Å². The van der Waals surface area contributed by atoms with Crippen molar-refractivity contribution in [3.63, 3.8) is 0 Å². The molecule has 2 N–H and O–H groups in total. The fourth-order valence-corrected chi connectivity index (χ4v) is 4.64. The van der Waals surface area contributed by atoms with Crippen molar-refractivity contribution in [3.8, 4) is 22.6 Å². The summed E-state index contributed by atoms with van der Waals surface area (Å²) < 4.78 is 4.03. The molecule has 6 aromatic rings. The van der Waals surface area contributed by atoms with Crippen molar-refractivity contribution in [1.29, 1.82) is 0 Å². The highest BCUT2D eigenvalue weighted by Gasteiger charge is 2.22. The van der Waals surface area contributed by atoms with E-state index in [1.165, 1.54) is 0 Å². The number of hydrogen-bond acceptors (Lipinski definition) is 4. The molecule has 0 bridgehead atoms. The minimum absolute atomic E-state index is 0.0712. The van der Waals surface area contributed by atoms with Crippen LogP contribution in [-0.2, 0) is 17.8 Å². The molecule has 3 aromatic carbocycles. The zero-order chi connectivity index (χ0) is 26.1. The van der Waals surface area contributed by atoms with Crippen LogP contribution in [0.15, 0.2) is 103 Å². The smallest absolute Gasteiger partial charge is 0.280 e. The number of hydrogen-bond donors (Lipinski definition) is 2. The summed E-state index contributed by atoms with van der Waals surface area (Å²) in [5.74, 6) is 0.990. The lowest BCUT2D eigenvalue weighted by Gasteiger charge is -2.07. The molecule has 0 saturated heterocycles. The number of amides is 1. The molecule has 0 spiro atoms. The molecule has 0 unspecified atom stereocenters. The Morgan fingerprint density at radius 3 is 2.42 bits per heavy atom. The fraction of sp³-hybridized carbons (Fsp3) is 0.0968. The average molecular weight is 501 g/mol. The van der Waals surface area contributed by atoms with Gasteiger partial charge in [-0.1, -0.05) is 59.3 Å². The normalized spacial score (nSPS) is 11.2. The number of aromatic hydroxyl groups is 1. The number of phenols is 1. The van der Waals surface area contributed by atoms with Crippen LogP contribution in [0.4, 0.5) is 0 Å². The standard InChI is InChI=1S/C31H25N5O2/c1-21-34-36(26-11-7-23(8-12-26)19-33-30(38)17-22-9-13-27(37)14-10-22)31-28-18-25(24-5-3-2-4-6-24)20-32-29(28)15-16-35(21)31/h2-16,18,20H,17,19H2,1H3,(H-,33,37,38)/p+1. The number of pyridine rings is 2. The molecule has 186 valence electrons. The first-order valence-electron chi connectivity index (χ1n) is 12.4. The molecule has 3 aromatic heterocycles. The van der Waals surface area contributed by atoms with E-state index in [1.54, 1.807) is 24.3 Å². The number of fused-ring (bicyclic) bond motifs is 3. The molecule has 3 heterocycles. The molecule has 7 heteroatoms. The van der Waals surface area contributed by atoms with Gasteiger partial charge in [0.15, 0.2) is 0 Å². The Balaban J connectivity index is 1.28. The van der Waals surface area contributed by atoms with Crippen molar-refractivity contribution in [2.45, 2.75) is 19.9 Å². The van der Waals surface area contributed by atoms with Gasteiger partial charge in [-0.3, -0.25) is 9.78 Å². The number of benzene rings is 3. The van der Waals surface area contributed by atoms with Crippen LogP contribution in [0.2, 0.25) is 0 Å². The van der Waals surface area contributed by atoms with Gasteiger partial charge < -0.3 is 10.4 Å². The highest BCUT2D eigenvalue weighted by atomic mass is 16.3. The van der Waals surface area contributed by atoms with E-state index in [9.17, 15) is 9.90 Å². The Labute approximate surface area is 219 Å². The Kier molecular flexibility index (Phi) is 6.01. The number of rotatable bonds is 6. The second-order valence-electron chi connectivity index (χ2n) is 9.28. The van der Waals surface area contributed by atoms with Gasteiger partial charge in [0, 0.05) is 30.3 Å². The van der Waals surface area contributed by atoms with Gasteiger partial charge >= 0.3 is 0 Å². The van der Waals surface area contributed by atoms with E-state index < -0.39 is 0 Å². The van der Waals surface area contributed by atoms with Gasteiger partial charge in [0.1, 0.15) is 11.4 Å². The number of aryl methyl sites for hydroxylation is 1. The molecule has 6 rings (SSSR count). The third kappa shape index (κ3) is 4.57. The second-order valence-corrected chi connectivity index (χ2v) is 9.28. The third-order valence-corrected chi connectivity index (χ3v) is 6.64. The van der Waals surface area contributed by atoms with Gasteiger partial charge in [-0.05, 0) is 53.1 Å². The van der Waals surface area contributed by atoms with Gasteiger partial charge in [0.05, 0.1) is 23.5 Å². The van der Waals surface area contributed by atoms with Crippen LogP contribution in [0.5, 0.6) is 5.75 Å². The zero-order valence-electron chi connectivity index (χ0n) is 20.9. The molecule has 0 fully saturated rings. The van der Waals surface area contributed by atoms with E-state index >= 15 is 0 Å². The molecule has 0 atom stereocenters. The molecule has 1 amide bonds. The largest absolute Gasteiger partial charge is 0.508 e. The maximum absolute atomic E-state index is 12.4. The second kappa shape index (κ2) is 9.78. The van der Waals surface area contributed by atoms with E-state index in [0.29, 0.717) is 6.54 Å². The Bertz CT molecular complexity index is 1760. The maximum atomic E-state index is 12.4. The lowest BCUT2D eigenvalue weighted by atomic mass is 10.1. The number of nitrogens with one attached hydrogen (secondary N) is 1. The first-order chi connectivity index (χ1) is 18.5. The molecule has 7 nitrogen and oxygen atoms in total.